The van der Waals surface area contributed by atoms with Crippen molar-refractivity contribution in [2.24, 2.45) is 5.92 Å². The summed E-state index contributed by atoms with van der Waals surface area (Å²) in [6, 6.07) is 11.4. The van der Waals surface area contributed by atoms with Gasteiger partial charge in [-0.1, -0.05) is 12.1 Å². The molecule has 1 saturated heterocycles. The van der Waals surface area contributed by atoms with Gasteiger partial charge in [0.15, 0.2) is 0 Å². The van der Waals surface area contributed by atoms with Crippen LogP contribution in [0.1, 0.15) is 41.4 Å². The lowest BCUT2D eigenvalue weighted by atomic mass is 9.92. The number of aromatic nitrogens is 1. The average molecular weight is 354 g/mol. The van der Waals surface area contributed by atoms with Gasteiger partial charge in [0.2, 0.25) is 0 Å². The number of pyridine rings is 1. The Kier molecular flexibility index (Phi) is 5.89. The Balaban J connectivity index is 1.60. The molecular formula is C21H26N2O3. The monoisotopic (exact) mass is 354 g/mol. The van der Waals surface area contributed by atoms with Gasteiger partial charge in [0.05, 0.1) is 12.3 Å². The summed E-state index contributed by atoms with van der Waals surface area (Å²) in [6.45, 7) is 5.56. The summed E-state index contributed by atoms with van der Waals surface area (Å²) in [5.74, 6) is 1.06. The summed E-state index contributed by atoms with van der Waals surface area (Å²) >= 11 is 0. The molecule has 138 valence electrons. The maximum Gasteiger partial charge on any atom is 0.253 e. The molecule has 1 aliphatic rings. The Hall–Kier alpha value is -2.40. The van der Waals surface area contributed by atoms with E-state index in [0.717, 1.165) is 24.1 Å². The topological polar surface area (TPSA) is 62.7 Å². The lowest BCUT2D eigenvalue weighted by Gasteiger charge is -2.33. The highest BCUT2D eigenvalue weighted by atomic mass is 16.5. The van der Waals surface area contributed by atoms with Crippen molar-refractivity contribution in [3.8, 4) is 5.75 Å². The van der Waals surface area contributed by atoms with Crippen molar-refractivity contribution in [3.05, 3.63) is 59.4 Å². The number of aryl methyl sites for hydroxylation is 1. The van der Waals surface area contributed by atoms with Crippen LogP contribution in [-0.2, 0) is 6.61 Å². The maximum atomic E-state index is 12.8. The fourth-order valence-corrected chi connectivity index (χ4v) is 3.27. The van der Waals surface area contributed by atoms with Crippen molar-refractivity contribution in [3.63, 3.8) is 0 Å². The Morgan fingerprint density at radius 1 is 1.31 bits per heavy atom. The molecule has 1 fully saturated rings. The van der Waals surface area contributed by atoms with Crippen LogP contribution in [0.4, 0.5) is 0 Å². The lowest BCUT2D eigenvalue weighted by molar-refractivity contribution is 0.0521. The van der Waals surface area contributed by atoms with Gasteiger partial charge >= 0.3 is 0 Å². The number of aliphatic hydroxyl groups is 1. The number of nitrogens with zero attached hydrogens (tertiary/aromatic N) is 2. The molecule has 0 radical (unpaired) electrons. The van der Waals surface area contributed by atoms with E-state index in [-0.39, 0.29) is 12.0 Å². The fraction of sp³-hybridized carbons (Fsp3) is 0.429. The molecule has 1 amide bonds. The molecule has 1 N–H and O–H groups in total. The van der Waals surface area contributed by atoms with E-state index in [0.29, 0.717) is 36.9 Å². The third kappa shape index (κ3) is 4.61. The van der Waals surface area contributed by atoms with Crippen molar-refractivity contribution < 1.29 is 14.6 Å². The number of amides is 1. The minimum atomic E-state index is -0.302. The van der Waals surface area contributed by atoms with Crippen LogP contribution in [0.5, 0.6) is 5.75 Å². The standard InChI is InChI=1S/C21H26N2O3/c1-15-6-7-20(13-22-15)26-14-17-4-3-5-19(12-17)21(25)23-10-8-18(9-11-23)16(2)24/h3-7,12-13,16,18,24H,8-11,14H2,1-2H3. The summed E-state index contributed by atoms with van der Waals surface area (Å²) in [7, 11) is 0. The molecule has 2 heterocycles. The zero-order chi connectivity index (χ0) is 18.5. The summed E-state index contributed by atoms with van der Waals surface area (Å²) in [5, 5.41) is 9.70. The number of aliphatic hydroxyl groups excluding tert-OH is 1. The Morgan fingerprint density at radius 2 is 2.08 bits per heavy atom. The summed E-state index contributed by atoms with van der Waals surface area (Å²) in [4.78, 5) is 18.8. The van der Waals surface area contributed by atoms with Gasteiger partial charge in [-0.25, -0.2) is 0 Å². The number of benzene rings is 1. The summed E-state index contributed by atoms with van der Waals surface area (Å²) in [6.07, 6.45) is 3.11. The third-order valence-corrected chi connectivity index (χ3v) is 4.97. The number of likely N-dealkylation sites (tertiary alicyclic amines) is 1. The van der Waals surface area contributed by atoms with Gasteiger partial charge in [-0.2, -0.15) is 0 Å². The second-order valence-corrected chi connectivity index (χ2v) is 6.99. The van der Waals surface area contributed by atoms with E-state index in [4.69, 9.17) is 4.74 Å². The molecule has 5 nitrogen and oxygen atoms in total. The first-order chi connectivity index (χ1) is 12.5. The summed E-state index contributed by atoms with van der Waals surface area (Å²) < 4.78 is 5.75. The fourth-order valence-electron chi connectivity index (χ4n) is 3.27. The molecule has 0 aliphatic carbocycles. The third-order valence-electron chi connectivity index (χ3n) is 4.97. The van der Waals surface area contributed by atoms with Crippen molar-refractivity contribution in [1.29, 1.82) is 0 Å². The Bertz CT molecular complexity index is 735. The van der Waals surface area contributed by atoms with Crippen LogP contribution in [0.25, 0.3) is 0 Å². The van der Waals surface area contributed by atoms with Gasteiger partial charge in [-0.05, 0) is 62.4 Å². The number of carbonyl (C=O) groups is 1. The molecule has 0 saturated carbocycles. The van der Waals surface area contributed by atoms with Crippen LogP contribution in [0.15, 0.2) is 42.6 Å². The average Bonchev–Trinajstić information content (AvgIpc) is 2.67. The first kappa shape index (κ1) is 18.4. The van der Waals surface area contributed by atoms with Crippen LogP contribution < -0.4 is 4.74 Å². The van der Waals surface area contributed by atoms with Gasteiger partial charge in [-0.15, -0.1) is 0 Å². The zero-order valence-electron chi connectivity index (χ0n) is 15.4. The van der Waals surface area contributed by atoms with E-state index in [2.05, 4.69) is 4.98 Å². The van der Waals surface area contributed by atoms with Crippen LogP contribution in [0, 0.1) is 12.8 Å². The quantitative estimate of drug-likeness (QED) is 0.896. The van der Waals surface area contributed by atoms with E-state index >= 15 is 0 Å². The van der Waals surface area contributed by atoms with Crippen molar-refractivity contribution in [1.82, 2.24) is 9.88 Å². The first-order valence-corrected chi connectivity index (χ1v) is 9.14. The van der Waals surface area contributed by atoms with Crippen LogP contribution >= 0.6 is 0 Å². The van der Waals surface area contributed by atoms with Crippen molar-refractivity contribution in [2.75, 3.05) is 13.1 Å². The molecule has 1 atom stereocenters. The molecule has 1 aromatic carbocycles. The number of hydrogen-bond acceptors (Lipinski definition) is 4. The van der Waals surface area contributed by atoms with E-state index < -0.39 is 0 Å². The zero-order valence-corrected chi connectivity index (χ0v) is 15.4. The molecule has 0 bridgehead atoms. The molecule has 0 spiro atoms. The Labute approximate surface area is 154 Å². The Morgan fingerprint density at radius 3 is 2.73 bits per heavy atom. The van der Waals surface area contributed by atoms with Gasteiger partial charge in [-0.3, -0.25) is 9.78 Å². The second kappa shape index (κ2) is 8.32. The van der Waals surface area contributed by atoms with Gasteiger partial charge < -0.3 is 14.7 Å². The van der Waals surface area contributed by atoms with E-state index in [1.807, 2.05) is 55.1 Å². The molecule has 1 unspecified atom stereocenters. The largest absolute Gasteiger partial charge is 0.487 e. The summed E-state index contributed by atoms with van der Waals surface area (Å²) in [5.41, 5.74) is 2.59. The number of carbonyl (C=O) groups excluding carboxylic acids is 1. The molecule has 26 heavy (non-hydrogen) atoms. The van der Waals surface area contributed by atoms with Gasteiger partial charge in [0.1, 0.15) is 12.4 Å². The van der Waals surface area contributed by atoms with E-state index in [1.165, 1.54) is 0 Å². The number of piperidine rings is 1. The maximum absolute atomic E-state index is 12.8. The first-order valence-electron chi connectivity index (χ1n) is 9.14. The van der Waals surface area contributed by atoms with Crippen molar-refractivity contribution in [2.45, 2.75) is 39.4 Å². The van der Waals surface area contributed by atoms with E-state index in [9.17, 15) is 9.90 Å². The molecule has 1 aromatic heterocycles. The van der Waals surface area contributed by atoms with Crippen molar-refractivity contribution >= 4 is 5.91 Å². The van der Waals surface area contributed by atoms with E-state index in [1.54, 1.807) is 6.20 Å². The highest BCUT2D eigenvalue weighted by Gasteiger charge is 2.26. The minimum absolute atomic E-state index is 0.0490. The number of ether oxygens (including phenoxy) is 1. The molecule has 3 rings (SSSR count). The number of rotatable bonds is 5. The van der Waals surface area contributed by atoms with Gasteiger partial charge in [0.25, 0.3) is 5.91 Å². The normalized spacial score (nSPS) is 16.3. The van der Waals surface area contributed by atoms with Gasteiger partial charge in [0, 0.05) is 24.3 Å². The van der Waals surface area contributed by atoms with Crippen LogP contribution in [-0.4, -0.2) is 40.1 Å². The molecular weight excluding hydrogens is 328 g/mol. The highest BCUT2D eigenvalue weighted by molar-refractivity contribution is 5.94. The van der Waals surface area contributed by atoms with Crippen LogP contribution in [0.2, 0.25) is 0 Å². The SMILES string of the molecule is Cc1ccc(OCc2cccc(C(=O)N3CCC(C(C)O)CC3)c2)cn1. The predicted octanol–water partition coefficient (Wildman–Crippen LogP) is 3.20. The van der Waals surface area contributed by atoms with Crippen LogP contribution in [0.3, 0.4) is 0 Å². The molecule has 2 aromatic rings. The molecule has 5 heteroatoms. The second-order valence-electron chi connectivity index (χ2n) is 6.99. The lowest BCUT2D eigenvalue weighted by Crippen LogP contribution is -2.40. The highest BCUT2D eigenvalue weighted by Crippen LogP contribution is 2.22. The number of hydrogen-bond donors (Lipinski definition) is 1. The smallest absolute Gasteiger partial charge is 0.253 e. The minimum Gasteiger partial charge on any atom is -0.487 e. The predicted molar refractivity (Wildman–Crippen MR) is 100 cm³/mol. The molecule has 1 aliphatic heterocycles.